The van der Waals surface area contributed by atoms with Gasteiger partial charge in [-0.25, -0.2) is 0 Å². The smallest absolute Gasteiger partial charge is 0.123 e. The van der Waals surface area contributed by atoms with Gasteiger partial charge in [0.15, 0.2) is 0 Å². The molecule has 0 radical (unpaired) electrons. The summed E-state index contributed by atoms with van der Waals surface area (Å²) in [4.78, 5) is 0. The number of nitrogens with one attached hydrogen (secondary N) is 1. The van der Waals surface area contributed by atoms with Gasteiger partial charge in [0.2, 0.25) is 0 Å². The Morgan fingerprint density at radius 1 is 1.22 bits per heavy atom. The Hall–Kier alpha value is -1.59. The molecule has 5 nitrogen and oxygen atoms in total. The molecule has 0 fully saturated rings. The molecule has 5 heteroatoms. The van der Waals surface area contributed by atoms with Crippen molar-refractivity contribution in [3.63, 3.8) is 0 Å². The van der Waals surface area contributed by atoms with Gasteiger partial charge in [0.05, 0.1) is 19.8 Å². The summed E-state index contributed by atoms with van der Waals surface area (Å²) in [7, 11) is 1.64. The second-order valence-electron chi connectivity index (χ2n) is 3.85. The molecule has 1 aromatic carbocycles. The van der Waals surface area contributed by atoms with Gasteiger partial charge in [-0.05, 0) is 18.6 Å². The number of hydrogen-bond acceptors (Lipinski definition) is 4. The fraction of sp³-hybridized carbons (Fsp3) is 0.462. The van der Waals surface area contributed by atoms with Gasteiger partial charge in [0, 0.05) is 12.7 Å². The largest absolute Gasteiger partial charge is 0.491 e. The first-order valence-electron chi connectivity index (χ1n) is 5.79. The molecule has 0 heterocycles. The van der Waals surface area contributed by atoms with E-state index in [9.17, 15) is 0 Å². The summed E-state index contributed by atoms with van der Waals surface area (Å²) in [5.74, 6) is 0.772. The standard InChI is InChI=1S/C13H20N2O3/c1-10-3-4-11(13(14)15)9-12(10)18-8-7-17-6-5-16-2/h3-4,9H,5-8H2,1-2H3,(H3,14,15). The van der Waals surface area contributed by atoms with E-state index in [0.29, 0.717) is 32.0 Å². The molecule has 3 N–H and O–H groups in total. The SMILES string of the molecule is COCCOCCOc1cc(C(=N)N)ccc1C. The number of amidine groups is 1. The molecule has 0 aliphatic rings. The van der Waals surface area contributed by atoms with E-state index in [4.69, 9.17) is 25.4 Å². The van der Waals surface area contributed by atoms with E-state index < -0.39 is 0 Å². The van der Waals surface area contributed by atoms with Crippen molar-refractivity contribution in [1.29, 1.82) is 5.41 Å². The lowest BCUT2D eigenvalue weighted by Crippen LogP contribution is -2.13. The maximum atomic E-state index is 7.38. The average Bonchev–Trinajstić information content (AvgIpc) is 2.35. The molecular formula is C13H20N2O3. The van der Waals surface area contributed by atoms with Crippen LogP contribution in [0.5, 0.6) is 5.75 Å². The minimum Gasteiger partial charge on any atom is -0.491 e. The molecule has 0 aromatic heterocycles. The molecule has 0 saturated carbocycles. The molecule has 0 aliphatic carbocycles. The van der Waals surface area contributed by atoms with Gasteiger partial charge in [-0.2, -0.15) is 0 Å². The number of ether oxygens (including phenoxy) is 3. The molecule has 0 aliphatic heterocycles. The predicted molar refractivity (Wildman–Crippen MR) is 70.4 cm³/mol. The zero-order valence-corrected chi connectivity index (χ0v) is 10.9. The lowest BCUT2D eigenvalue weighted by Gasteiger charge is -2.11. The van der Waals surface area contributed by atoms with Crippen LogP contribution >= 0.6 is 0 Å². The zero-order valence-electron chi connectivity index (χ0n) is 10.9. The Labute approximate surface area is 107 Å². The van der Waals surface area contributed by atoms with E-state index in [0.717, 1.165) is 11.3 Å². The van der Waals surface area contributed by atoms with Crippen molar-refractivity contribution < 1.29 is 14.2 Å². The van der Waals surface area contributed by atoms with E-state index in [1.165, 1.54) is 0 Å². The molecule has 0 amide bonds. The first-order valence-corrected chi connectivity index (χ1v) is 5.79. The highest BCUT2D eigenvalue weighted by Crippen LogP contribution is 2.19. The highest BCUT2D eigenvalue weighted by atomic mass is 16.5. The highest BCUT2D eigenvalue weighted by molar-refractivity contribution is 5.95. The van der Waals surface area contributed by atoms with Crippen LogP contribution in [-0.4, -0.2) is 39.4 Å². The molecule has 0 atom stereocenters. The molecule has 100 valence electrons. The van der Waals surface area contributed by atoms with E-state index in [1.54, 1.807) is 19.2 Å². The third kappa shape index (κ3) is 4.73. The van der Waals surface area contributed by atoms with Crippen molar-refractivity contribution in [1.82, 2.24) is 0 Å². The van der Waals surface area contributed by atoms with Gasteiger partial charge in [0.25, 0.3) is 0 Å². The van der Waals surface area contributed by atoms with Crippen LogP contribution in [0.3, 0.4) is 0 Å². The van der Waals surface area contributed by atoms with Crippen molar-refractivity contribution in [2.24, 2.45) is 5.73 Å². The van der Waals surface area contributed by atoms with E-state index >= 15 is 0 Å². The number of nitrogen functional groups attached to an aromatic ring is 1. The topological polar surface area (TPSA) is 77.6 Å². The molecule has 0 bridgehead atoms. The molecule has 1 aromatic rings. The maximum absolute atomic E-state index is 7.38. The summed E-state index contributed by atoms with van der Waals surface area (Å²) >= 11 is 0. The van der Waals surface area contributed by atoms with Gasteiger partial charge < -0.3 is 19.9 Å². The van der Waals surface area contributed by atoms with Gasteiger partial charge in [0.1, 0.15) is 18.2 Å². The summed E-state index contributed by atoms with van der Waals surface area (Å²) < 4.78 is 15.8. The summed E-state index contributed by atoms with van der Waals surface area (Å²) in [5.41, 5.74) is 7.11. The van der Waals surface area contributed by atoms with Gasteiger partial charge in [-0.15, -0.1) is 0 Å². The molecule has 0 unspecified atom stereocenters. The number of benzene rings is 1. The molecular weight excluding hydrogens is 232 g/mol. The van der Waals surface area contributed by atoms with Gasteiger partial charge in [-0.1, -0.05) is 12.1 Å². The molecule has 0 spiro atoms. The van der Waals surface area contributed by atoms with E-state index in [1.807, 2.05) is 13.0 Å². The molecule has 18 heavy (non-hydrogen) atoms. The number of rotatable bonds is 8. The number of nitrogens with two attached hydrogens (primary N) is 1. The van der Waals surface area contributed by atoms with Crippen LogP contribution in [0.1, 0.15) is 11.1 Å². The van der Waals surface area contributed by atoms with Gasteiger partial charge in [-0.3, -0.25) is 5.41 Å². The maximum Gasteiger partial charge on any atom is 0.123 e. The van der Waals surface area contributed by atoms with Crippen molar-refractivity contribution in [3.05, 3.63) is 29.3 Å². The monoisotopic (exact) mass is 252 g/mol. The Bertz CT molecular complexity index is 394. The Morgan fingerprint density at radius 3 is 2.61 bits per heavy atom. The fourth-order valence-electron chi connectivity index (χ4n) is 1.38. The molecule has 1 rings (SSSR count). The van der Waals surface area contributed by atoms with E-state index in [-0.39, 0.29) is 5.84 Å². The Morgan fingerprint density at radius 2 is 1.94 bits per heavy atom. The van der Waals surface area contributed by atoms with Crippen LogP contribution in [0.25, 0.3) is 0 Å². The van der Waals surface area contributed by atoms with E-state index in [2.05, 4.69) is 0 Å². The third-order valence-electron chi connectivity index (χ3n) is 2.42. The van der Waals surface area contributed by atoms with Crippen molar-refractivity contribution in [2.75, 3.05) is 33.5 Å². The summed E-state index contributed by atoms with van der Waals surface area (Å²) in [5, 5.41) is 7.38. The Balaban J connectivity index is 2.41. The number of aryl methyl sites for hydroxylation is 1. The fourth-order valence-corrected chi connectivity index (χ4v) is 1.38. The predicted octanol–water partition coefficient (Wildman–Crippen LogP) is 1.32. The quantitative estimate of drug-likeness (QED) is 0.415. The number of methoxy groups -OCH3 is 1. The minimum atomic E-state index is 0.0381. The number of hydrogen-bond donors (Lipinski definition) is 2. The van der Waals surface area contributed by atoms with Crippen LogP contribution < -0.4 is 10.5 Å². The normalized spacial score (nSPS) is 10.3. The zero-order chi connectivity index (χ0) is 13.4. The summed E-state index contributed by atoms with van der Waals surface area (Å²) in [6, 6.07) is 5.46. The van der Waals surface area contributed by atoms with Crippen LogP contribution in [0.15, 0.2) is 18.2 Å². The lowest BCUT2D eigenvalue weighted by molar-refractivity contribution is 0.0543. The second kappa shape index (κ2) is 7.68. The average molecular weight is 252 g/mol. The van der Waals surface area contributed by atoms with Crippen molar-refractivity contribution >= 4 is 5.84 Å². The van der Waals surface area contributed by atoms with Crippen LogP contribution in [-0.2, 0) is 9.47 Å². The minimum absolute atomic E-state index is 0.0381. The van der Waals surface area contributed by atoms with Crippen LogP contribution in [0, 0.1) is 12.3 Å². The molecule has 0 saturated heterocycles. The van der Waals surface area contributed by atoms with Crippen molar-refractivity contribution in [2.45, 2.75) is 6.92 Å². The van der Waals surface area contributed by atoms with Gasteiger partial charge >= 0.3 is 0 Å². The highest BCUT2D eigenvalue weighted by Gasteiger charge is 2.03. The first kappa shape index (κ1) is 14.5. The first-order chi connectivity index (χ1) is 8.65. The summed E-state index contributed by atoms with van der Waals surface area (Å²) in [6.07, 6.45) is 0. The Kier molecular flexibility index (Phi) is 6.18. The second-order valence-corrected chi connectivity index (χ2v) is 3.85. The van der Waals surface area contributed by atoms with Crippen LogP contribution in [0.2, 0.25) is 0 Å². The third-order valence-corrected chi connectivity index (χ3v) is 2.42. The van der Waals surface area contributed by atoms with Crippen molar-refractivity contribution in [3.8, 4) is 5.75 Å². The van der Waals surface area contributed by atoms with Crippen LogP contribution in [0.4, 0.5) is 0 Å². The summed E-state index contributed by atoms with van der Waals surface area (Å²) in [6.45, 7) is 4.06. The lowest BCUT2D eigenvalue weighted by atomic mass is 10.1.